The van der Waals surface area contributed by atoms with Crippen molar-refractivity contribution in [1.82, 2.24) is 10.6 Å². The Kier molecular flexibility index (Phi) is 8.56. The van der Waals surface area contributed by atoms with Crippen LogP contribution in [0.1, 0.15) is 40.9 Å². The van der Waals surface area contributed by atoms with Crippen molar-refractivity contribution in [3.63, 3.8) is 0 Å². The van der Waals surface area contributed by atoms with E-state index in [1.165, 1.54) is 6.07 Å². The molecule has 7 nitrogen and oxygen atoms in total. The van der Waals surface area contributed by atoms with Crippen LogP contribution in [0.4, 0.5) is 5.69 Å². The maximum atomic E-state index is 11.7. The van der Waals surface area contributed by atoms with Gasteiger partial charge < -0.3 is 15.7 Å². The maximum Gasteiger partial charge on any atom is 0.272 e. The molecule has 0 aliphatic rings. The van der Waals surface area contributed by atoms with E-state index in [0.717, 1.165) is 10.0 Å². The number of carbonyl (C=O) groups is 1. The average Bonchev–Trinajstić information content (AvgIpc) is 2.67. The van der Waals surface area contributed by atoms with Crippen molar-refractivity contribution >= 4 is 27.5 Å². The molecule has 28 heavy (non-hydrogen) atoms. The zero-order chi connectivity index (χ0) is 20.5. The van der Waals surface area contributed by atoms with Gasteiger partial charge >= 0.3 is 0 Å². The molecule has 0 saturated heterocycles. The Labute approximate surface area is 172 Å². The number of carbonyl (C=O) groups excluding carboxylic acids is 1. The van der Waals surface area contributed by atoms with Crippen LogP contribution in [0.15, 0.2) is 46.9 Å². The van der Waals surface area contributed by atoms with E-state index in [1.54, 1.807) is 36.4 Å². The molecule has 0 fully saturated rings. The van der Waals surface area contributed by atoms with E-state index in [0.29, 0.717) is 43.6 Å². The number of nitrogens with zero attached hydrogens (tertiary/aromatic N) is 1. The summed E-state index contributed by atoms with van der Waals surface area (Å²) in [6.45, 7) is 3.41. The summed E-state index contributed by atoms with van der Waals surface area (Å²) in [7, 11) is 0. The number of aliphatic hydroxyl groups excluding tert-OH is 1. The van der Waals surface area contributed by atoms with Crippen LogP contribution in [0.3, 0.4) is 0 Å². The molecule has 8 heteroatoms. The van der Waals surface area contributed by atoms with Gasteiger partial charge in [-0.3, -0.25) is 14.9 Å². The second kappa shape index (κ2) is 10.9. The van der Waals surface area contributed by atoms with Crippen LogP contribution in [0.2, 0.25) is 0 Å². The van der Waals surface area contributed by atoms with Crippen LogP contribution < -0.4 is 10.6 Å². The Balaban J connectivity index is 1.78. The second-order valence-electron chi connectivity index (χ2n) is 6.34. The van der Waals surface area contributed by atoms with Crippen LogP contribution in [-0.2, 0) is 6.42 Å². The lowest BCUT2D eigenvalue weighted by atomic mass is 10.1. The number of nitro benzene ring substituents is 1. The number of aryl methyl sites for hydroxylation is 1. The molecule has 0 radical (unpaired) electrons. The highest BCUT2D eigenvalue weighted by molar-refractivity contribution is 9.10. The van der Waals surface area contributed by atoms with Gasteiger partial charge in [-0.1, -0.05) is 28.1 Å². The maximum absolute atomic E-state index is 11.7. The Morgan fingerprint density at radius 1 is 1.25 bits per heavy atom. The fourth-order valence-electron chi connectivity index (χ4n) is 2.81. The van der Waals surface area contributed by atoms with Gasteiger partial charge in [0.25, 0.3) is 11.6 Å². The number of nitro groups is 1. The first-order valence-corrected chi connectivity index (χ1v) is 9.91. The number of nitrogens with one attached hydrogen (secondary N) is 2. The molecule has 2 aromatic rings. The smallest absolute Gasteiger partial charge is 0.272 e. The second-order valence-corrected chi connectivity index (χ2v) is 7.25. The zero-order valence-corrected chi connectivity index (χ0v) is 17.2. The summed E-state index contributed by atoms with van der Waals surface area (Å²) in [4.78, 5) is 22.5. The molecule has 150 valence electrons. The Hall–Kier alpha value is -2.29. The lowest BCUT2D eigenvalue weighted by Crippen LogP contribution is -2.24. The predicted molar refractivity (Wildman–Crippen MR) is 111 cm³/mol. The van der Waals surface area contributed by atoms with Gasteiger partial charge in [-0.15, -0.1) is 0 Å². The summed E-state index contributed by atoms with van der Waals surface area (Å²) in [5.74, 6) is -0.136. The SMILES string of the molecule is CCNC(=O)c1ccc(C(O)CNCCCc2cc(Br)ccc2[N+](=O)[O-])cc1. The Bertz CT molecular complexity index is 812. The van der Waals surface area contributed by atoms with E-state index in [2.05, 4.69) is 26.6 Å². The summed E-state index contributed by atoms with van der Waals surface area (Å²) in [5.41, 5.74) is 2.09. The Morgan fingerprint density at radius 3 is 2.61 bits per heavy atom. The highest BCUT2D eigenvalue weighted by Crippen LogP contribution is 2.24. The van der Waals surface area contributed by atoms with Gasteiger partial charge in [-0.25, -0.2) is 0 Å². The van der Waals surface area contributed by atoms with Crippen LogP contribution in [0.5, 0.6) is 0 Å². The fourth-order valence-corrected chi connectivity index (χ4v) is 3.22. The minimum absolute atomic E-state index is 0.121. The highest BCUT2D eigenvalue weighted by Gasteiger charge is 2.13. The van der Waals surface area contributed by atoms with Crippen molar-refractivity contribution in [2.45, 2.75) is 25.9 Å². The van der Waals surface area contributed by atoms with E-state index < -0.39 is 6.10 Å². The monoisotopic (exact) mass is 449 g/mol. The van der Waals surface area contributed by atoms with Gasteiger partial charge in [0.15, 0.2) is 0 Å². The summed E-state index contributed by atoms with van der Waals surface area (Å²) in [6, 6.07) is 11.8. The molecule has 0 aromatic heterocycles. The van der Waals surface area contributed by atoms with E-state index in [1.807, 2.05) is 6.92 Å². The van der Waals surface area contributed by atoms with Crippen molar-refractivity contribution in [3.8, 4) is 0 Å². The molecule has 2 rings (SSSR count). The van der Waals surface area contributed by atoms with Gasteiger partial charge in [-0.2, -0.15) is 0 Å². The molecule has 1 unspecified atom stereocenters. The number of aliphatic hydroxyl groups is 1. The van der Waals surface area contributed by atoms with Crippen LogP contribution in [0.25, 0.3) is 0 Å². The van der Waals surface area contributed by atoms with Crippen molar-refractivity contribution in [2.24, 2.45) is 0 Å². The normalized spacial score (nSPS) is 11.8. The summed E-state index contributed by atoms with van der Waals surface area (Å²) in [6.07, 6.45) is 0.587. The first-order chi connectivity index (χ1) is 13.4. The highest BCUT2D eigenvalue weighted by atomic mass is 79.9. The lowest BCUT2D eigenvalue weighted by Gasteiger charge is -2.13. The molecule has 0 aliphatic carbocycles. The predicted octanol–water partition coefficient (Wildman–Crippen LogP) is 3.36. The minimum Gasteiger partial charge on any atom is -0.387 e. The number of halogens is 1. The molecule has 2 aromatic carbocycles. The molecule has 0 bridgehead atoms. The van der Waals surface area contributed by atoms with Gasteiger partial charge in [0.2, 0.25) is 0 Å². The van der Waals surface area contributed by atoms with Crippen molar-refractivity contribution in [3.05, 3.63) is 73.7 Å². The molecule has 1 atom stereocenters. The van der Waals surface area contributed by atoms with E-state index >= 15 is 0 Å². The van der Waals surface area contributed by atoms with E-state index in [9.17, 15) is 20.0 Å². The zero-order valence-electron chi connectivity index (χ0n) is 15.7. The van der Waals surface area contributed by atoms with Crippen LogP contribution in [-0.4, -0.2) is 35.6 Å². The molecular weight excluding hydrogens is 426 g/mol. The first-order valence-electron chi connectivity index (χ1n) is 9.12. The molecule has 1 amide bonds. The average molecular weight is 450 g/mol. The van der Waals surface area contributed by atoms with Gasteiger partial charge in [0.05, 0.1) is 11.0 Å². The molecule has 0 spiro atoms. The summed E-state index contributed by atoms with van der Waals surface area (Å²) in [5, 5.41) is 27.2. The summed E-state index contributed by atoms with van der Waals surface area (Å²) >= 11 is 3.34. The van der Waals surface area contributed by atoms with Crippen molar-refractivity contribution < 1.29 is 14.8 Å². The number of benzene rings is 2. The molecular formula is C20H24BrN3O4. The number of amides is 1. The van der Waals surface area contributed by atoms with Crippen molar-refractivity contribution in [2.75, 3.05) is 19.6 Å². The third-order valence-electron chi connectivity index (χ3n) is 4.27. The van der Waals surface area contributed by atoms with Gasteiger partial charge in [-0.05, 0) is 56.1 Å². The first kappa shape index (κ1) is 22.0. The largest absolute Gasteiger partial charge is 0.387 e. The standard InChI is InChI=1S/C20H24BrN3O4/c1-2-23-20(26)15-7-5-14(6-8-15)19(25)13-22-11-3-4-16-12-17(21)9-10-18(16)24(27)28/h5-10,12,19,22,25H,2-4,11,13H2,1H3,(H,23,26). The Morgan fingerprint density at radius 2 is 1.96 bits per heavy atom. The van der Waals surface area contributed by atoms with E-state index in [4.69, 9.17) is 0 Å². The van der Waals surface area contributed by atoms with Gasteiger partial charge in [0, 0.05) is 34.8 Å². The molecule has 0 saturated carbocycles. The number of rotatable bonds is 10. The molecule has 0 aliphatic heterocycles. The van der Waals surface area contributed by atoms with Crippen molar-refractivity contribution in [1.29, 1.82) is 0 Å². The summed E-state index contributed by atoms with van der Waals surface area (Å²) < 4.78 is 0.813. The lowest BCUT2D eigenvalue weighted by molar-refractivity contribution is -0.385. The third-order valence-corrected chi connectivity index (χ3v) is 4.76. The molecule has 3 N–H and O–H groups in total. The fraction of sp³-hybridized carbons (Fsp3) is 0.350. The number of hydrogen-bond acceptors (Lipinski definition) is 5. The quantitative estimate of drug-likeness (QED) is 0.293. The minimum atomic E-state index is -0.691. The van der Waals surface area contributed by atoms with Gasteiger partial charge in [0.1, 0.15) is 0 Å². The number of hydrogen-bond donors (Lipinski definition) is 3. The topological polar surface area (TPSA) is 104 Å². The van der Waals surface area contributed by atoms with Crippen LogP contribution in [0, 0.1) is 10.1 Å². The van der Waals surface area contributed by atoms with Crippen LogP contribution >= 0.6 is 15.9 Å². The molecule has 0 heterocycles. The van der Waals surface area contributed by atoms with E-state index in [-0.39, 0.29) is 16.5 Å². The third kappa shape index (κ3) is 6.40.